The summed E-state index contributed by atoms with van der Waals surface area (Å²) in [6.45, 7) is 2.12. The van der Waals surface area contributed by atoms with Crippen molar-refractivity contribution in [1.29, 1.82) is 0 Å². The molecule has 60 valence electrons. The second-order valence-electron chi connectivity index (χ2n) is 1.73. The summed E-state index contributed by atoms with van der Waals surface area (Å²) < 4.78 is 4.37. The van der Waals surface area contributed by atoms with Gasteiger partial charge in [0.05, 0.1) is 0 Å². The second-order valence-corrected chi connectivity index (χ2v) is 1.73. The van der Waals surface area contributed by atoms with Crippen LogP contribution in [0.4, 0.5) is 0 Å². The molecule has 1 unspecified atom stereocenters. The van der Waals surface area contributed by atoms with Crippen molar-refractivity contribution in [1.82, 2.24) is 0 Å². The first-order valence-electron chi connectivity index (χ1n) is 3.02. The molecule has 2 N–H and O–H groups in total. The quantitative estimate of drug-likeness (QED) is 0.250. The van der Waals surface area contributed by atoms with Crippen molar-refractivity contribution in [3.05, 3.63) is 6.61 Å². The van der Waals surface area contributed by atoms with Crippen LogP contribution < -0.4 is 18.9 Å². The number of rotatable bonds is 4. The topological polar surface area (TPSA) is 66.8 Å². The fourth-order valence-electron chi connectivity index (χ4n) is 0.281. The van der Waals surface area contributed by atoms with Gasteiger partial charge in [0.15, 0.2) is 0 Å². The molecule has 11 heavy (non-hydrogen) atoms. The summed E-state index contributed by atoms with van der Waals surface area (Å²) in [5, 5.41) is 16.9. The van der Waals surface area contributed by atoms with Gasteiger partial charge in [-0.3, -0.25) is 4.79 Å². The van der Waals surface area contributed by atoms with Gasteiger partial charge in [-0.25, -0.2) is 0 Å². The maximum Gasteiger partial charge on any atom is 1.00 e. The molecule has 0 aliphatic rings. The molecule has 0 saturated heterocycles. The molecule has 0 aliphatic heterocycles. The summed E-state index contributed by atoms with van der Waals surface area (Å²) >= 11 is 0. The van der Waals surface area contributed by atoms with Crippen LogP contribution >= 0.6 is 0 Å². The average Bonchev–Trinajstić information content (AvgIpc) is 1.99. The summed E-state index contributed by atoms with van der Waals surface area (Å²) in [4.78, 5) is 10.4. The molecule has 0 radical (unpaired) electrons. The van der Waals surface area contributed by atoms with Crippen LogP contribution in [-0.2, 0) is 9.53 Å². The van der Waals surface area contributed by atoms with Crippen LogP contribution in [0.1, 0.15) is 13.3 Å². The molecule has 0 aromatic heterocycles. The number of carbonyl (C=O) groups excluding carboxylic acids is 1. The number of ether oxygens (including phenoxy) is 1. The summed E-state index contributed by atoms with van der Waals surface area (Å²) in [6, 6.07) is 0. The molecular weight excluding hydrogens is 143 g/mol. The largest absolute Gasteiger partial charge is 1.00 e. The first-order valence-corrected chi connectivity index (χ1v) is 3.02. The van der Waals surface area contributed by atoms with Crippen LogP contribution in [-0.4, -0.2) is 28.9 Å². The molecule has 0 saturated carbocycles. The van der Waals surface area contributed by atoms with E-state index in [1.807, 2.05) is 0 Å². The first-order chi connectivity index (χ1) is 4.70. The van der Waals surface area contributed by atoms with Gasteiger partial charge in [-0.2, -0.15) is 0 Å². The van der Waals surface area contributed by atoms with Gasteiger partial charge in [0.1, 0.15) is 0 Å². The van der Waals surface area contributed by atoms with Gasteiger partial charge in [-0.05, 0) is 6.10 Å². The van der Waals surface area contributed by atoms with E-state index in [0.29, 0.717) is 0 Å². The van der Waals surface area contributed by atoms with E-state index in [0.717, 1.165) is 6.61 Å². The van der Waals surface area contributed by atoms with E-state index in [9.17, 15) is 4.79 Å². The average molecular weight is 154 g/mol. The molecule has 0 spiro atoms. The monoisotopic (exact) mass is 154 g/mol. The summed E-state index contributed by atoms with van der Waals surface area (Å²) in [6.07, 6.45) is -0.815. The number of esters is 1. The zero-order valence-electron chi connectivity index (χ0n) is 6.78. The van der Waals surface area contributed by atoms with Crippen molar-refractivity contribution in [2.75, 3.05) is 6.61 Å². The molecule has 4 nitrogen and oxygen atoms in total. The van der Waals surface area contributed by atoms with Crippen LogP contribution in [0.15, 0.2) is 0 Å². The van der Waals surface area contributed by atoms with Gasteiger partial charge in [0, 0.05) is 13.0 Å². The predicted octanol–water partition coefficient (Wildman–Crippen LogP) is -3.54. The summed E-state index contributed by atoms with van der Waals surface area (Å²) in [5.41, 5.74) is 0. The SMILES string of the molecule is CCC(=O)O[CH-]C(O)CO.[Li+]. The molecular formula is C6H11LiO4. The van der Waals surface area contributed by atoms with Crippen LogP contribution in [0.2, 0.25) is 0 Å². The van der Waals surface area contributed by atoms with Gasteiger partial charge in [0.2, 0.25) is 0 Å². The van der Waals surface area contributed by atoms with E-state index in [2.05, 4.69) is 4.74 Å². The first kappa shape index (κ1) is 13.6. The number of aliphatic hydroxyl groups excluding tert-OH is 2. The molecule has 0 bridgehead atoms. The van der Waals surface area contributed by atoms with E-state index in [1.54, 1.807) is 6.92 Å². The van der Waals surface area contributed by atoms with Crippen molar-refractivity contribution in [2.24, 2.45) is 0 Å². The smallest absolute Gasteiger partial charge is 0.635 e. The normalized spacial score (nSPS) is 11.5. The standard InChI is InChI=1S/C6H11O4.Li/c1-2-6(9)10-4-5(8)3-7;/h4-5,7-8H,2-3H2,1H3;/q-1;+1. The molecule has 0 aliphatic carbocycles. The van der Waals surface area contributed by atoms with Crippen molar-refractivity contribution < 1.29 is 38.6 Å². The molecule has 0 rings (SSSR count). The van der Waals surface area contributed by atoms with Crippen LogP contribution in [0.5, 0.6) is 0 Å². The Morgan fingerprint density at radius 1 is 1.73 bits per heavy atom. The van der Waals surface area contributed by atoms with Gasteiger partial charge in [-0.15, -0.1) is 6.61 Å². The van der Waals surface area contributed by atoms with Crippen molar-refractivity contribution >= 4 is 5.97 Å². The van der Waals surface area contributed by atoms with Crippen molar-refractivity contribution in [2.45, 2.75) is 19.4 Å². The Balaban J connectivity index is 0. The number of hydrogen-bond donors (Lipinski definition) is 2. The summed E-state index contributed by atoms with van der Waals surface area (Å²) in [5.74, 6) is -0.424. The van der Waals surface area contributed by atoms with Gasteiger partial charge < -0.3 is 14.9 Å². The van der Waals surface area contributed by atoms with Crippen LogP contribution in [0, 0.1) is 6.61 Å². The maximum absolute atomic E-state index is 10.4. The minimum atomic E-state index is -1.07. The zero-order valence-corrected chi connectivity index (χ0v) is 6.78. The van der Waals surface area contributed by atoms with Gasteiger partial charge >= 0.3 is 18.9 Å². The predicted molar refractivity (Wildman–Crippen MR) is 33.8 cm³/mol. The van der Waals surface area contributed by atoms with E-state index >= 15 is 0 Å². The fraction of sp³-hybridized carbons (Fsp3) is 0.667. The van der Waals surface area contributed by atoms with Crippen LogP contribution in [0.3, 0.4) is 0 Å². The van der Waals surface area contributed by atoms with Gasteiger partial charge in [0.25, 0.3) is 5.97 Å². The Kier molecular flexibility index (Phi) is 9.98. The third kappa shape index (κ3) is 7.89. The zero-order chi connectivity index (χ0) is 7.98. The minimum absolute atomic E-state index is 0. The molecule has 0 aromatic rings. The fourth-order valence-corrected chi connectivity index (χ4v) is 0.281. The van der Waals surface area contributed by atoms with Crippen molar-refractivity contribution in [3.8, 4) is 0 Å². The maximum atomic E-state index is 10.4. The Hall–Kier alpha value is -0.0126. The van der Waals surface area contributed by atoms with E-state index in [4.69, 9.17) is 10.2 Å². The van der Waals surface area contributed by atoms with Gasteiger partial charge in [-0.1, -0.05) is 6.92 Å². The van der Waals surface area contributed by atoms with E-state index < -0.39 is 18.7 Å². The van der Waals surface area contributed by atoms with E-state index in [-0.39, 0.29) is 25.3 Å². The third-order valence-corrected chi connectivity index (χ3v) is 0.832. The second kappa shape index (κ2) is 8.09. The molecule has 5 heteroatoms. The van der Waals surface area contributed by atoms with E-state index in [1.165, 1.54) is 0 Å². The molecule has 0 fully saturated rings. The molecule has 0 heterocycles. The third-order valence-electron chi connectivity index (χ3n) is 0.832. The Bertz CT molecular complexity index is 107. The number of hydrogen-bond acceptors (Lipinski definition) is 4. The Labute approximate surface area is 77.7 Å². The minimum Gasteiger partial charge on any atom is -0.635 e. The molecule has 1 atom stereocenters. The number of aliphatic hydroxyl groups is 2. The molecule has 0 aromatic carbocycles. The number of carbonyl (C=O) groups is 1. The van der Waals surface area contributed by atoms with Crippen LogP contribution in [0.25, 0.3) is 0 Å². The summed E-state index contributed by atoms with van der Waals surface area (Å²) in [7, 11) is 0. The van der Waals surface area contributed by atoms with Crippen molar-refractivity contribution in [3.63, 3.8) is 0 Å². The Morgan fingerprint density at radius 3 is 2.64 bits per heavy atom. The molecule has 0 amide bonds. The Morgan fingerprint density at radius 2 is 2.27 bits per heavy atom.